The van der Waals surface area contributed by atoms with E-state index in [1.165, 1.54) is 12.8 Å². The maximum atomic E-state index is 12.3. The topological polar surface area (TPSA) is 46.9 Å². The van der Waals surface area contributed by atoms with Crippen LogP contribution < -0.4 is 5.32 Å². The molecule has 1 saturated carbocycles. The molecule has 116 valence electrons. The lowest BCUT2D eigenvalue weighted by Crippen LogP contribution is -2.37. The van der Waals surface area contributed by atoms with E-state index in [1.807, 2.05) is 41.2 Å². The second-order valence-corrected chi connectivity index (χ2v) is 6.33. The van der Waals surface area contributed by atoms with E-state index in [0.717, 1.165) is 36.4 Å². The Bertz CT molecular complexity index is 596. The molecule has 1 heterocycles. The number of nitrogens with one attached hydrogen (secondary N) is 1. The molecule has 1 aliphatic carbocycles. The average Bonchev–Trinajstić information content (AvgIpc) is 3.03. The minimum absolute atomic E-state index is 0.0465. The molecule has 3 rings (SSSR count). The molecule has 0 atom stereocenters. The zero-order valence-corrected chi connectivity index (χ0v) is 13.0. The number of benzene rings is 1. The molecule has 1 aromatic heterocycles. The molecular weight excluding hydrogens is 274 g/mol. The molecule has 0 saturated heterocycles. The van der Waals surface area contributed by atoms with Gasteiger partial charge in [-0.3, -0.25) is 9.48 Å². The lowest BCUT2D eigenvalue weighted by Gasteiger charge is -2.26. The Hall–Kier alpha value is -2.10. The number of aromatic nitrogens is 2. The standard InChI is InChI=1S/C18H23N3O/c1-14-3-9-17(10-4-14)20-18(22)16-7-5-15(6-8-16)13-21-12-2-11-19-21/h2,5-8,11-12,14,17H,3-4,9-10,13H2,1H3,(H,20,22). The van der Waals surface area contributed by atoms with Crippen LogP contribution in [0.5, 0.6) is 0 Å². The SMILES string of the molecule is CC1CCC(NC(=O)c2ccc(Cn3cccn3)cc2)CC1. The third-order valence-electron chi connectivity index (χ3n) is 4.47. The van der Waals surface area contributed by atoms with Gasteiger partial charge in [-0.25, -0.2) is 0 Å². The average molecular weight is 297 g/mol. The van der Waals surface area contributed by atoms with Gasteiger partial charge in [-0.05, 0) is 55.4 Å². The van der Waals surface area contributed by atoms with Crippen molar-refractivity contribution >= 4 is 5.91 Å². The molecule has 0 aliphatic heterocycles. The number of carbonyl (C=O) groups is 1. The fourth-order valence-corrected chi connectivity index (χ4v) is 3.02. The summed E-state index contributed by atoms with van der Waals surface area (Å²) in [4.78, 5) is 12.3. The Morgan fingerprint density at radius 2 is 1.95 bits per heavy atom. The van der Waals surface area contributed by atoms with Crippen LogP contribution in [0.2, 0.25) is 0 Å². The van der Waals surface area contributed by atoms with Gasteiger partial charge in [-0.2, -0.15) is 5.10 Å². The summed E-state index contributed by atoms with van der Waals surface area (Å²) in [5, 5.41) is 7.35. The second kappa shape index (κ2) is 6.77. The molecule has 4 nitrogen and oxygen atoms in total. The Labute approximate surface area is 131 Å². The second-order valence-electron chi connectivity index (χ2n) is 6.33. The summed E-state index contributed by atoms with van der Waals surface area (Å²) in [5.74, 6) is 0.847. The number of nitrogens with zero attached hydrogens (tertiary/aromatic N) is 2. The van der Waals surface area contributed by atoms with Crippen molar-refractivity contribution in [2.45, 2.75) is 45.2 Å². The Morgan fingerprint density at radius 1 is 1.23 bits per heavy atom. The molecule has 1 fully saturated rings. The maximum absolute atomic E-state index is 12.3. The zero-order valence-electron chi connectivity index (χ0n) is 13.0. The van der Waals surface area contributed by atoms with Crippen LogP contribution in [0.1, 0.15) is 48.5 Å². The quantitative estimate of drug-likeness (QED) is 0.941. The molecule has 0 spiro atoms. The molecule has 0 bridgehead atoms. The first-order valence-corrected chi connectivity index (χ1v) is 8.08. The summed E-state index contributed by atoms with van der Waals surface area (Å²) in [6.45, 7) is 3.02. The number of hydrogen-bond donors (Lipinski definition) is 1. The summed E-state index contributed by atoms with van der Waals surface area (Å²) in [6.07, 6.45) is 8.34. The summed E-state index contributed by atoms with van der Waals surface area (Å²) in [5.41, 5.74) is 1.88. The van der Waals surface area contributed by atoms with Crippen molar-refractivity contribution in [2.24, 2.45) is 5.92 Å². The van der Waals surface area contributed by atoms with Crippen molar-refractivity contribution in [1.82, 2.24) is 15.1 Å². The van der Waals surface area contributed by atoms with Crippen LogP contribution in [0.25, 0.3) is 0 Å². The highest BCUT2D eigenvalue weighted by atomic mass is 16.1. The van der Waals surface area contributed by atoms with Gasteiger partial charge < -0.3 is 5.32 Å². The fraction of sp³-hybridized carbons (Fsp3) is 0.444. The maximum Gasteiger partial charge on any atom is 0.251 e. The van der Waals surface area contributed by atoms with E-state index in [0.29, 0.717) is 6.04 Å². The van der Waals surface area contributed by atoms with Crippen LogP contribution in [0.3, 0.4) is 0 Å². The molecule has 1 aromatic carbocycles. The van der Waals surface area contributed by atoms with E-state index in [9.17, 15) is 4.79 Å². The van der Waals surface area contributed by atoms with Crippen molar-refractivity contribution in [3.8, 4) is 0 Å². The minimum atomic E-state index is 0.0465. The minimum Gasteiger partial charge on any atom is -0.349 e. The van der Waals surface area contributed by atoms with Crippen LogP contribution in [0.4, 0.5) is 0 Å². The summed E-state index contributed by atoms with van der Waals surface area (Å²) >= 11 is 0. The van der Waals surface area contributed by atoms with Gasteiger partial charge in [0.25, 0.3) is 5.91 Å². The van der Waals surface area contributed by atoms with E-state index in [2.05, 4.69) is 17.3 Å². The normalized spacial score (nSPS) is 21.5. The molecule has 1 aliphatic rings. The van der Waals surface area contributed by atoms with Crippen molar-refractivity contribution in [1.29, 1.82) is 0 Å². The van der Waals surface area contributed by atoms with Crippen molar-refractivity contribution in [3.05, 3.63) is 53.9 Å². The van der Waals surface area contributed by atoms with Crippen LogP contribution in [0.15, 0.2) is 42.7 Å². The summed E-state index contributed by atoms with van der Waals surface area (Å²) in [7, 11) is 0. The first-order valence-electron chi connectivity index (χ1n) is 8.08. The lowest BCUT2D eigenvalue weighted by atomic mass is 9.87. The first-order chi connectivity index (χ1) is 10.7. The number of hydrogen-bond acceptors (Lipinski definition) is 2. The molecular formula is C18H23N3O. The van der Waals surface area contributed by atoms with Crippen molar-refractivity contribution in [3.63, 3.8) is 0 Å². The molecule has 0 radical (unpaired) electrons. The summed E-state index contributed by atoms with van der Waals surface area (Å²) < 4.78 is 1.87. The first kappa shape index (κ1) is 14.8. The van der Waals surface area contributed by atoms with Gasteiger partial charge in [0.2, 0.25) is 0 Å². The van der Waals surface area contributed by atoms with Gasteiger partial charge in [0.1, 0.15) is 0 Å². The molecule has 1 amide bonds. The van der Waals surface area contributed by atoms with E-state index >= 15 is 0 Å². The van der Waals surface area contributed by atoms with Crippen molar-refractivity contribution in [2.75, 3.05) is 0 Å². The Kier molecular flexibility index (Phi) is 4.56. The van der Waals surface area contributed by atoms with E-state index in [4.69, 9.17) is 0 Å². The smallest absolute Gasteiger partial charge is 0.251 e. The van der Waals surface area contributed by atoms with Gasteiger partial charge in [0.15, 0.2) is 0 Å². The van der Waals surface area contributed by atoms with Gasteiger partial charge in [0, 0.05) is 24.0 Å². The van der Waals surface area contributed by atoms with Gasteiger partial charge in [-0.1, -0.05) is 19.1 Å². The predicted octanol–water partition coefficient (Wildman–Crippen LogP) is 3.24. The fourth-order valence-electron chi connectivity index (χ4n) is 3.02. The number of amides is 1. The van der Waals surface area contributed by atoms with Crippen LogP contribution in [-0.2, 0) is 6.54 Å². The highest BCUT2D eigenvalue weighted by molar-refractivity contribution is 5.94. The number of carbonyl (C=O) groups excluding carboxylic acids is 1. The molecule has 1 N–H and O–H groups in total. The molecule has 0 unspecified atom stereocenters. The van der Waals surface area contributed by atoms with Crippen LogP contribution in [0, 0.1) is 5.92 Å². The van der Waals surface area contributed by atoms with Crippen LogP contribution >= 0.6 is 0 Å². The van der Waals surface area contributed by atoms with Crippen LogP contribution in [-0.4, -0.2) is 21.7 Å². The third-order valence-corrected chi connectivity index (χ3v) is 4.47. The van der Waals surface area contributed by atoms with E-state index in [-0.39, 0.29) is 5.91 Å². The molecule has 4 heteroatoms. The Balaban J connectivity index is 1.56. The number of rotatable bonds is 4. The largest absolute Gasteiger partial charge is 0.349 e. The van der Waals surface area contributed by atoms with E-state index in [1.54, 1.807) is 6.20 Å². The highest BCUT2D eigenvalue weighted by Crippen LogP contribution is 2.23. The highest BCUT2D eigenvalue weighted by Gasteiger charge is 2.20. The Morgan fingerprint density at radius 3 is 2.59 bits per heavy atom. The lowest BCUT2D eigenvalue weighted by molar-refractivity contribution is 0.0923. The zero-order chi connectivity index (χ0) is 15.4. The third kappa shape index (κ3) is 3.75. The molecule has 2 aromatic rings. The van der Waals surface area contributed by atoms with Crippen molar-refractivity contribution < 1.29 is 4.79 Å². The van der Waals surface area contributed by atoms with Gasteiger partial charge in [0.05, 0.1) is 6.54 Å². The van der Waals surface area contributed by atoms with Gasteiger partial charge in [-0.15, -0.1) is 0 Å². The van der Waals surface area contributed by atoms with E-state index < -0.39 is 0 Å². The monoisotopic (exact) mass is 297 g/mol. The predicted molar refractivity (Wildman–Crippen MR) is 86.7 cm³/mol. The molecule has 22 heavy (non-hydrogen) atoms. The van der Waals surface area contributed by atoms with Gasteiger partial charge >= 0.3 is 0 Å². The summed E-state index contributed by atoms with van der Waals surface area (Å²) in [6, 6.07) is 10.1.